The van der Waals surface area contributed by atoms with Gasteiger partial charge < -0.3 is 14.6 Å². The van der Waals surface area contributed by atoms with Crippen LogP contribution in [0.25, 0.3) is 10.9 Å². The molecule has 3 nitrogen and oxygen atoms in total. The van der Waals surface area contributed by atoms with Crippen LogP contribution < -0.4 is 5.32 Å². The highest BCUT2D eigenvalue weighted by Crippen LogP contribution is 2.24. The van der Waals surface area contributed by atoms with E-state index in [-0.39, 0.29) is 5.60 Å². The summed E-state index contributed by atoms with van der Waals surface area (Å²) in [7, 11) is 3.89. The summed E-state index contributed by atoms with van der Waals surface area (Å²) in [5.74, 6) is 0. The van der Waals surface area contributed by atoms with Crippen LogP contribution in [0.5, 0.6) is 0 Å². The second kappa shape index (κ2) is 3.86. The zero-order valence-corrected chi connectivity index (χ0v) is 10.4. The number of nitrogens with one attached hydrogen (secondary N) is 1. The molecule has 2 aromatic rings. The molecule has 0 aliphatic carbocycles. The number of methoxy groups -OCH3 is 1. The van der Waals surface area contributed by atoms with E-state index in [0.29, 0.717) is 0 Å². The summed E-state index contributed by atoms with van der Waals surface area (Å²) >= 11 is 0. The van der Waals surface area contributed by atoms with Gasteiger partial charge in [0.15, 0.2) is 0 Å². The average molecular weight is 230 g/mol. The Balaban J connectivity index is 1.92. The Labute approximate surface area is 101 Å². The van der Waals surface area contributed by atoms with Crippen molar-refractivity contribution in [3.8, 4) is 0 Å². The fourth-order valence-corrected chi connectivity index (χ4v) is 2.54. The van der Waals surface area contributed by atoms with E-state index >= 15 is 0 Å². The maximum absolute atomic E-state index is 5.63. The van der Waals surface area contributed by atoms with Crippen molar-refractivity contribution in [2.75, 3.05) is 20.2 Å². The van der Waals surface area contributed by atoms with E-state index in [9.17, 15) is 0 Å². The van der Waals surface area contributed by atoms with E-state index in [0.717, 1.165) is 19.5 Å². The van der Waals surface area contributed by atoms with Gasteiger partial charge in [-0.2, -0.15) is 0 Å². The highest BCUT2D eigenvalue weighted by molar-refractivity contribution is 5.80. The Kier molecular flexibility index (Phi) is 2.45. The van der Waals surface area contributed by atoms with Gasteiger partial charge in [0.2, 0.25) is 0 Å². The van der Waals surface area contributed by atoms with E-state index in [2.05, 4.69) is 47.4 Å². The number of fused-ring (bicyclic) bond motifs is 1. The number of hydrogen-bond acceptors (Lipinski definition) is 2. The summed E-state index contributed by atoms with van der Waals surface area (Å²) in [4.78, 5) is 0. The minimum absolute atomic E-state index is 0.0127. The SMILES string of the molecule is COC1(Cc2ccc3ccn(C)c3c2)CNC1. The first-order valence-corrected chi connectivity index (χ1v) is 6.02. The molecular formula is C14H18N2O. The zero-order valence-electron chi connectivity index (χ0n) is 10.4. The Morgan fingerprint density at radius 2 is 2.18 bits per heavy atom. The number of nitrogens with zero attached hydrogens (tertiary/aromatic N) is 1. The van der Waals surface area contributed by atoms with Crippen molar-refractivity contribution in [2.45, 2.75) is 12.0 Å². The number of benzene rings is 1. The topological polar surface area (TPSA) is 26.2 Å². The van der Waals surface area contributed by atoms with Crippen LogP contribution in [0.15, 0.2) is 30.5 Å². The number of aromatic nitrogens is 1. The molecule has 1 aliphatic heterocycles. The molecule has 90 valence electrons. The summed E-state index contributed by atoms with van der Waals surface area (Å²) in [6.45, 7) is 1.91. The van der Waals surface area contributed by atoms with E-state index in [1.165, 1.54) is 16.5 Å². The van der Waals surface area contributed by atoms with Crippen molar-refractivity contribution in [3.05, 3.63) is 36.0 Å². The molecule has 1 aromatic carbocycles. The first-order valence-electron chi connectivity index (χ1n) is 6.02. The molecule has 0 unspecified atom stereocenters. The number of hydrogen-bond donors (Lipinski definition) is 1. The lowest BCUT2D eigenvalue weighted by Gasteiger charge is -2.41. The van der Waals surface area contributed by atoms with Crippen molar-refractivity contribution >= 4 is 10.9 Å². The fourth-order valence-electron chi connectivity index (χ4n) is 2.54. The largest absolute Gasteiger partial charge is 0.375 e. The number of ether oxygens (including phenoxy) is 1. The molecule has 1 fully saturated rings. The molecule has 3 heteroatoms. The van der Waals surface area contributed by atoms with Crippen molar-refractivity contribution in [1.82, 2.24) is 9.88 Å². The van der Waals surface area contributed by atoms with Crippen LogP contribution in [0.3, 0.4) is 0 Å². The Morgan fingerprint density at radius 1 is 1.35 bits per heavy atom. The third-order valence-electron chi connectivity index (χ3n) is 3.81. The third kappa shape index (κ3) is 1.75. The second-order valence-corrected chi connectivity index (χ2v) is 4.99. The minimum atomic E-state index is 0.0127. The zero-order chi connectivity index (χ0) is 11.9. The molecule has 0 radical (unpaired) electrons. The van der Waals surface area contributed by atoms with Gasteiger partial charge >= 0.3 is 0 Å². The predicted molar refractivity (Wildman–Crippen MR) is 69.2 cm³/mol. The van der Waals surface area contributed by atoms with Gasteiger partial charge in [0.05, 0.1) is 5.60 Å². The first-order chi connectivity index (χ1) is 8.22. The first kappa shape index (κ1) is 10.8. The van der Waals surface area contributed by atoms with Crippen LogP contribution in [0.4, 0.5) is 0 Å². The van der Waals surface area contributed by atoms with Crippen molar-refractivity contribution in [3.63, 3.8) is 0 Å². The molecular weight excluding hydrogens is 212 g/mol. The van der Waals surface area contributed by atoms with Gasteiger partial charge in [-0.05, 0) is 23.1 Å². The summed E-state index contributed by atoms with van der Waals surface area (Å²) < 4.78 is 7.80. The highest BCUT2D eigenvalue weighted by Gasteiger charge is 2.36. The van der Waals surface area contributed by atoms with Crippen molar-refractivity contribution < 1.29 is 4.74 Å². The smallest absolute Gasteiger partial charge is 0.0966 e. The molecule has 0 amide bonds. The summed E-state index contributed by atoms with van der Waals surface area (Å²) in [6, 6.07) is 8.83. The number of aryl methyl sites for hydroxylation is 1. The van der Waals surface area contributed by atoms with Crippen LogP contribution in [-0.4, -0.2) is 30.4 Å². The van der Waals surface area contributed by atoms with Crippen LogP contribution in [0.1, 0.15) is 5.56 Å². The summed E-state index contributed by atoms with van der Waals surface area (Å²) in [6.07, 6.45) is 3.09. The van der Waals surface area contributed by atoms with E-state index in [4.69, 9.17) is 4.74 Å². The lowest BCUT2D eigenvalue weighted by atomic mass is 9.88. The third-order valence-corrected chi connectivity index (χ3v) is 3.81. The van der Waals surface area contributed by atoms with Gasteiger partial charge in [0, 0.05) is 45.4 Å². The van der Waals surface area contributed by atoms with Gasteiger partial charge in [-0.3, -0.25) is 0 Å². The summed E-state index contributed by atoms with van der Waals surface area (Å²) in [5.41, 5.74) is 2.66. The van der Waals surface area contributed by atoms with Gasteiger partial charge in [-0.25, -0.2) is 0 Å². The molecule has 1 N–H and O–H groups in total. The Bertz CT molecular complexity index is 535. The highest BCUT2D eigenvalue weighted by atomic mass is 16.5. The minimum Gasteiger partial charge on any atom is -0.375 e. The van der Waals surface area contributed by atoms with Crippen molar-refractivity contribution in [2.24, 2.45) is 7.05 Å². The molecule has 1 aromatic heterocycles. The van der Waals surface area contributed by atoms with Gasteiger partial charge in [-0.15, -0.1) is 0 Å². The van der Waals surface area contributed by atoms with Gasteiger partial charge in [0.1, 0.15) is 0 Å². The Hall–Kier alpha value is -1.32. The van der Waals surface area contributed by atoms with Crippen LogP contribution in [0, 0.1) is 0 Å². The average Bonchev–Trinajstić information content (AvgIpc) is 2.66. The van der Waals surface area contributed by atoms with Crippen LogP contribution in [0.2, 0.25) is 0 Å². The molecule has 3 rings (SSSR count). The molecule has 2 heterocycles. The molecule has 1 aliphatic rings. The summed E-state index contributed by atoms with van der Waals surface area (Å²) in [5, 5.41) is 4.59. The molecule has 0 spiro atoms. The lowest BCUT2D eigenvalue weighted by molar-refractivity contribution is -0.0502. The van der Waals surface area contributed by atoms with Crippen LogP contribution in [-0.2, 0) is 18.2 Å². The van der Waals surface area contributed by atoms with Gasteiger partial charge in [-0.1, -0.05) is 12.1 Å². The maximum atomic E-state index is 5.63. The molecule has 0 atom stereocenters. The molecule has 17 heavy (non-hydrogen) atoms. The second-order valence-electron chi connectivity index (χ2n) is 4.99. The van der Waals surface area contributed by atoms with Gasteiger partial charge in [0.25, 0.3) is 0 Å². The predicted octanol–water partition coefficient (Wildman–Crippen LogP) is 1.71. The quantitative estimate of drug-likeness (QED) is 0.868. The molecule has 0 saturated carbocycles. The Morgan fingerprint density at radius 3 is 2.82 bits per heavy atom. The van der Waals surface area contributed by atoms with Crippen molar-refractivity contribution in [1.29, 1.82) is 0 Å². The standard InChI is InChI=1S/C14H18N2O/c1-16-6-5-12-4-3-11(7-13(12)16)8-14(17-2)9-15-10-14/h3-7,15H,8-10H2,1-2H3. The number of rotatable bonds is 3. The molecule has 0 bridgehead atoms. The normalized spacial score (nSPS) is 18.2. The van der Waals surface area contributed by atoms with E-state index < -0.39 is 0 Å². The van der Waals surface area contributed by atoms with Crippen LogP contribution >= 0.6 is 0 Å². The monoisotopic (exact) mass is 230 g/mol. The van der Waals surface area contributed by atoms with E-state index in [1.807, 2.05) is 7.11 Å². The fraction of sp³-hybridized carbons (Fsp3) is 0.429. The van der Waals surface area contributed by atoms with E-state index in [1.54, 1.807) is 0 Å². The molecule has 1 saturated heterocycles. The maximum Gasteiger partial charge on any atom is 0.0966 e. The lowest BCUT2D eigenvalue weighted by Crippen LogP contribution is -2.61.